The smallest absolute Gasteiger partial charge is 0.323 e. The largest absolute Gasteiger partial charge is 0.480 e. The zero-order valence-electron chi connectivity index (χ0n) is 9.31. The number of nitrogens with zero attached hydrogens (tertiary/aromatic N) is 1. The molecule has 1 fully saturated rings. The van der Waals surface area contributed by atoms with Crippen molar-refractivity contribution in [2.24, 2.45) is 0 Å². The minimum absolute atomic E-state index is 0. The number of aliphatic carboxylic acids is 1. The van der Waals surface area contributed by atoms with Gasteiger partial charge in [-0.05, 0) is 26.3 Å². The van der Waals surface area contributed by atoms with Crippen molar-refractivity contribution in [3.8, 4) is 0 Å². The van der Waals surface area contributed by atoms with Gasteiger partial charge < -0.3 is 9.84 Å². The van der Waals surface area contributed by atoms with Crippen molar-refractivity contribution in [3.63, 3.8) is 0 Å². The van der Waals surface area contributed by atoms with Gasteiger partial charge in [0.15, 0.2) is 0 Å². The third-order valence-corrected chi connectivity index (χ3v) is 2.86. The Labute approximate surface area is 97.0 Å². The van der Waals surface area contributed by atoms with E-state index < -0.39 is 12.0 Å². The number of piperidine rings is 1. The highest BCUT2D eigenvalue weighted by Gasteiger charge is 2.30. The molecule has 0 saturated carbocycles. The maximum absolute atomic E-state index is 11.0. The summed E-state index contributed by atoms with van der Waals surface area (Å²) >= 11 is 0. The molecule has 1 heterocycles. The molecule has 4 nitrogen and oxygen atoms in total. The summed E-state index contributed by atoms with van der Waals surface area (Å²) in [5.41, 5.74) is 0. The first-order valence-electron chi connectivity index (χ1n) is 5.14. The molecular weight excluding hydrogens is 218 g/mol. The van der Waals surface area contributed by atoms with Crippen molar-refractivity contribution in [3.05, 3.63) is 0 Å². The van der Waals surface area contributed by atoms with Gasteiger partial charge in [0.25, 0.3) is 0 Å². The molecule has 0 aliphatic carbocycles. The first-order valence-corrected chi connectivity index (χ1v) is 5.14. The number of hydrogen-bond donors (Lipinski definition) is 1. The lowest BCUT2D eigenvalue weighted by atomic mass is 10.0. The van der Waals surface area contributed by atoms with Crippen molar-refractivity contribution in [1.82, 2.24) is 4.90 Å². The molecule has 2 atom stereocenters. The van der Waals surface area contributed by atoms with Gasteiger partial charge in [-0.2, -0.15) is 0 Å². The first-order chi connectivity index (χ1) is 6.66. The van der Waals surface area contributed by atoms with Crippen LogP contribution in [0.25, 0.3) is 0 Å². The molecule has 0 amide bonds. The second-order valence-electron chi connectivity index (χ2n) is 3.89. The van der Waals surface area contributed by atoms with Crippen LogP contribution in [0.3, 0.4) is 0 Å². The molecule has 15 heavy (non-hydrogen) atoms. The van der Waals surface area contributed by atoms with Crippen LogP contribution in [0.1, 0.15) is 26.2 Å². The Morgan fingerprint density at radius 2 is 2.27 bits per heavy atom. The average Bonchev–Trinajstić information content (AvgIpc) is 2.15. The van der Waals surface area contributed by atoms with Gasteiger partial charge >= 0.3 is 5.97 Å². The van der Waals surface area contributed by atoms with Gasteiger partial charge in [-0.1, -0.05) is 6.42 Å². The second kappa shape index (κ2) is 7.04. The third-order valence-electron chi connectivity index (χ3n) is 2.86. The number of methoxy groups -OCH3 is 1. The number of likely N-dealkylation sites (tertiary alicyclic amines) is 1. The number of carbonyl (C=O) groups is 1. The standard InChI is InChI=1S/C10H19NO3.ClH/c1-8-5-3-4-6-11(8)9(7-14-2)10(12)13;/h8-9H,3-7H2,1-2H3,(H,12,13);1H. The molecule has 2 unspecified atom stereocenters. The minimum atomic E-state index is -0.777. The first kappa shape index (κ1) is 14.7. The van der Waals surface area contributed by atoms with E-state index in [1.165, 1.54) is 6.42 Å². The lowest BCUT2D eigenvalue weighted by Gasteiger charge is -2.37. The highest BCUT2D eigenvalue weighted by atomic mass is 35.5. The van der Waals surface area contributed by atoms with Gasteiger partial charge in [0.2, 0.25) is 0 Å². The summed E-state index contributed by atoms with van der Waals surface area (Å²) in [6.45, 7) is 3.24. The van der Waals surface area contributed by atoms with E-state index in [9.17, 15) is 4.79 Å². The molecule has 90 valence electrons. The van der Waals surface area contributed by atoms with Gasteiger partial charge in [0.05, 0.1) is 6.61 Å². The molecule has 1 aliphatic rings. The highest BCUT2D eigenvalue weighted by molar-refractivity contribution is 5.85. The lowest BCUT2D eigenvalue weighted by Crippen LogP contribution is -2.50. The predicted molar refractivity (Wildman–Crippen MR) is 60.6 cm³/mol. The van der Waals surface area contributed by atoms with Gasteiger partial charge in [0, 0.05) is 13.2 Å². The Morgan fingerprint density at radius 3 is 2.73 bits per heavy atom. The lowest BCUT2D eigenvalue weighted by molar-refractivity contribution is -0.147. The molecule has 0 bridgehead atoms. The van der Waals surface area contributed by atoms with Gasteiger partial charge in [-0.25, -0.2) is 0 Å². The average molecular weight is 238 g/mol. The van der Waals surface area contributed by atoms with Crippen LogP contribution in [-0.2, 0) is 9.53 Å². The Morgan fingerprint density at radius 1 is 1.60 bits per heavy atom. The zero-order valence-corrected chi connectivity index (χ0v) is 10.1. The summed E-state index contributed by atoms with van der Waals surface area (Å²) in [6, 6.07) is -0.115. The van der Waals surface area contributed by atoms with Crippen molar-refractivity contribution < 1.29 is 14.6 Å². The molecule has 1 N–H and O–H groups in total. The molecule has 0 aromatic heterocycles. The number of rotatable bonds is 4. The van der Waals surface area contributed by atoms with Crippen LogP contribution in [-0.4, -0.2) is 48.3 Å². The van der Waals surface area contributed by atoms with E-state index >= 15 is 0 Å². The Kier molecular flexibility index (Phi) is 6.89. The SMILES string of the molecule is COCC(C(=O)O)N1CCCCC1C.Cl. The van der Waals surface area contributed by atoms with Crippen LogP contribution in [0, 0.1) is 0 Å². The third kappa shape index (κ3) is 3.97. The van der Waals surface area contributed by atoms with E-state index in [4.69, 9.17) is 9.84 Å². The molecule has 0 aromatic rings. The van der Waals surface area contributed by atoms with Crippen LogP contribution in [0.4, 0.5) is 0 Å². The number of halogens is 1. The summed E-state index contributed by atoms with van der Waals surface area (Å²) < 4.78 is 4.94. The van der Waals surface area contributed by atoms with E-state index in [-0.39, 0.29) is 19.0 Å². The van der Waals surface area contributed by atoms with Crippen LogP contribution >= 0.6 is 12.4 Å². The summed E-state index contributed by atoms with van der Waals surface area (Å²) in [5, 5.41) is 9.05. The summed E-state index contributed by atoms with van der Waals surface area (Å²) in [7, 11) is 1.55. The zero-order chi connectivity index (χ0) is 10.6. The monoisotopic (exact) mass is 237 g/mol. The molecule has 1 saturated heterocycles. The fourth-order valence-corrected chi connectivity index (χ4v) is 2.05. The number of hydrogen-bond acceptors (Lipinski definition) is 3. The van der Waals surface area contributed by atoms with E-state index in [0.29, 0.717) is 6.04 Å². The molecular formula is C10H20ClNO3. The maximum Gasteiger partial charge on any atom is 0.323 e. The molecule has 5 heteroatoms. The van der Waals surface area contributed by atoms with Crippen molar-refractivity contribution in [2.45, 2.75) is 38.3 Å². The number of carboxylic acid groups (broad SMARTS) is 1. The van der Waals surface area contributed by atoms with Crippen molar-refractivity contribution in [2.75, 3.05) is 20.3 Å². The highest BCUT2D eigenvalue weighted by Crippen LogP contribution is 2.19. The van der Waals surface area contributed by atoms with Crippen molar-refractivity contribution >= 4 is 18.4 Å². The van der Waals surface area contributed by atoms with E-state index in [0.717, 1.165) is 19.4 Å². The maximum atomic E-state index is 11.0. The van der Waals surface area contributed by atoms with Crippen LogP contribution < -0.4 is 0 Å². The summed E-state index contributed by atoms with van der Waals surface area (Å²) in [4.78, 5) is 13.0. The molecule has 1 rings (SSSR count). The Balaban J connectivity index is 0.00000196. The van der Waals surface area contributed by atoms with Gasteiger partial charge in [-0.15, -0.1) is 12.4 Å². The number of ether oxygens (including phenoxy) is 1. The van der Waals surface area contributed by atoms with E-state index in [1.807, 2.05) is 4.90 Å². The summed E-state index contributed by atoms with van der Waals surface area (Å²) in [6.07, 6.45) is 3.39. The van der Waals surface area contributed by atoms with E-state index in [1.54, 1.807) is 7.11 Å². The van der Waals surface area contributed by atoms with Gasteiger partial charge in [0.1, 0.15) is 6.04 Å². The normalized spacial score (nSPS) is 24.3. The quantitative estimate of drug-likeness (QED) is 0.803. The molecule has 0 aromatic carbocycles. The van der Waals surface area contributed by atoms with Crippen molar-refractivity contribution in [1.29, 1.82) is 0 Å². The molecule has 0 radical (unpaired) electrons. The van der Waals surface area contributed by atoms with Crippen LogP contribution in [0.2, 0.25) is 0 Å². The van der Waals surface area contributed by atoms with Crippen LogP contribution in [0.15, 0.2) is 0 Å². The van der Waals surface area contributed by atoms with E-state index in [2.05, 4.69) is 6.92 Å². The fourth-order valence-electron chi connectivity index (χ4n) is 2.05. The Hall–Kier alpha value is -0.320. The molecule has 1 aliphatic heterocycles. The predicted octanol–water partition coefficient (Wildman–Crippen LogP) is 1.38. The number of carboxylic acids is 1. The topological polar surface area (TPSA) is 49.8 Å². The van der Waals surface area contributed by atoms with Crippen LogP contribution in [0.5, 0.6) is 0 Å². The second-order valence-corrected chi connectivity index (χ2v) is 3.89. The minimum Gasteiger partial charge on any atom is -0.480 e. The molecule has 0 spiro atoms. The summed E-state index contributed by atoms with van der Waals surface area (Å²) in [5.74, 6) is -0.777. The fraction of sp³-hybridized carbons (Fsp3) is 0.900. The van der Waals surface area contributed by atoms with Gasteiger partial charge in [-0.3, -0.25) is 9.69 Å². The Bertz CT molecular complexity index is 201.